The van der Waals surface area contributed by atoms with Crippen LogP contribution in [0, 0.1) is 0 Å². The topological polar surface area (TPSA) is 85.1 Å². The van der Waals surface area contributed by atoms with Gasteiger partial charge in [-0.3, -0.25) is 4.98 Å². The molecule has 3 aromatic rings. The zero-order chi connectivity index (χ0) is 22.2. The van der Waals surface area contributed by atoms with Crippen LogP contribution in [-0.2, 0) is 12.1 Å². The second-order valence-electron chi connectivity index (χ2n) is 8.05. The Labute approximate surface area is 176 Å². The normalized spacial score (nSPS) is 14.5. The summed E-state index contributed by atoms with van der Waals surface area (Å²) in [5.41, 5.74) is 0.637. The summed E-state index contributed by atoms with van der Waals surface area (Å²) in [5.74, 6) is 0.974. The molecular formula is C21H22F3N5O2. The van der Waals surface area contributed by atoms with E-state index in [2.05, 4.69) is 20.4 Å². The van der Waals surface area contributed by atoms with Crippen molar-refractivity contribution in [2.75, 3.05) is 5.32 Å². The van der Waals surface area contributed by atoms with Gasteiger partial charge < -0.3 is 15.2 Å². The largest absolute Gasteiger partial charge is 0.439 e. The van der Waals surface area contributed by atoms with Crippen LogP contribution in [0.3, 0.4) is 0 Å². The quantitative estimate of drug-likeness (QED) is 0.553. The number of hydrogen-bond acceptors (Lipinski definition) is 6. The maximum atomic E-state index is 12.9. The predicted octanol–water partition coefficient (Wildman–Crippen LogP) is 4.88. The third-order valence-corrected chi connectivity index (χ3v) is 4.70. The van der Waals surface area contributed by atoms with Crippen LogP contribution >= 0.6 is 0 Å². The van der Waals surface area contributed by atoms with Gasteiger partial charge in [0.1, 0.15) is 23.7 Å². The van der Waals surface area contributed by atoms with Gasteiger partial charge >= 0.3 is 6.18 Å². The van der Waals surface area contributed by atoms with Crippen molar-refractivity contribution < 1.29 is 23.0 Å². The van der Waals surface area contributed by atoms with Crippen LogP contribution in [0.5, 0.6) is 11.6 Å². The van der Waals surface area contributed by atoms with Gasteiger partial charge in [-0.25, -0.2) is 9.67 Å². The molecule has 0 saturated heterocycles. The first-order valence-electron chi connectivity index (χ1n) is 9.81. The molecule has 0 atom stereocenters. The van der Waals surface area contributed by atoms with Gasteiger partial charge in [-0.1, -0.05) is 0 Å². The van der Waals surface area contributed by atoms with Gasteiger partial charge in [0.05, 0.1) is 11.4 Å². The van der Waals surface area contributed by atoms with Gasteiger partial charge in [-0.2, -0.15) is 18.3 Å². The molecule has 0 radical (unpaired) electrons. The maximum absolute atomic E-state index is 12.9. The van der Waals surface area contributed by atoms with Crippen LogP contribution < -0.4 is 10.1 Å². The molecule has 0 spiro atoms. The lowest BCUT2D eigenvalue weighted by atomic mass is 10.0. The number of aromatic nitrogens is 4. The van der Waals surface area contributed by atoms with E-state index in [0.29, 0.717) is 28.6 Å². The van der Waals surface area contributed by atoms with Gasteiger partial charge in [-0.15, -0.1) is 0 Å². The Hall–Kier alpha value is -3.14. The molecule has 2 N–H and O–H groups in total. The van der Waals surface area contributed by atoms with E-state index in [0.717, 1.165) is 17.5 Å². The zero-order valence-corrected chi connectivity index (χ0v) is 17.0. The molecule has 1 fully saturated rings. The Balaban J connectivity index is 1.54. The smallest absolute Gasteiger partial charge is 0.408 e. The van der Waals surface area contributed by atoms with Gasteiger partial charge in [0.15, 0.2) is 0 Å². The average molecular weight is 433 g/mol. The van der Waals surface area contributed by atoms with E-state index in [-0.39, 0.29) is 11.8 Å². The van der Waals surface area contributed by atoms with Crippen molar-refractivity contribution in [1.29, 1.82) is 0 Å². The third-order valence-electron chi connectivity index (χ3n) is 4.70. The molecule has 0 aromatic carbocycles. The van der Waals surface area contributed by atoms with Crippen molar-refractivity contribution in [3.05, 3.63) is 54.1 Å². The number of halogens is 3. The van der Waals surface area contributed by atoms with E-state index in [1.165, 1.54) is 6.20 Å². The molecule has 0 unspecified atom stereocenters. The first-order valence-corrected chi connectivity index (χ1v) is 9.81. The van der Waals surface area contributed by atoms with Crippen molar-refractivity contribution in [2.24, 2.45) is 0 Å². The maximum Gasteiger partial charge on any atom is 0.408 e. The number of rotatable bonds is 7. The van der Waals surface area contributed by atoms with Crippen LogP contribution in [0.2, 0.25) is 0 Å². The molecule has 164 valence electrons. The second kappa shape index (κ2) is 7.84. The Bertz CT molecular complexity index is 1070. The minimum absolute atomic E-state index is 0.0320. The molecule has 0 aliphatic heterocycles. The summed E-state index contributed by atoms with van der Waals surface area (Å²) in [4.78, 5) is 8.37. The van der Waals surface area contributed by atoms with Gasteiger partial charge in [-0.05, 0) is 44.9 Å². The molecule has 31 heavy (non-hydrogen) atoms. The summed E-state index contributed by atoms with van der Waals surface area (Å²) < 4.78 is 45.4. The van der Waals surface area contributed by atoms with Crippen LogP contribution in [0.15, 0.2) is 42.7 Å². The van der Waals surface area contributed by atoms with Crippen molar-refractivity contribution in [3.63, 3.8) is 0 Å². The van der Waals surface area contributed by atoms with Crippen molar-refractivity contribution >= 4 is 11.5 Å². The lowest BCUT2D eigenvalue weighted by Crippen LogP contribution is -2.19. The average Bonchev–Trinajstić information content (AvgIpc) is 3.44. The number of pyridine rings is 2. The SMILES string of the molecule is CC(C)(O)c1cc(Nc2cc(Oc3cc(C4CC4)nn3CC(F)(F)F)ccn2)ccn1. The molecule has 0 bridgehead atoms. The molecule has 7 nitrogen and oxygen atoms in total. The molecule has 10 heteroatoms. The highest BCUT2D eigenvalue weighted by Crippen LogP contribution is 2.41. The lowest BCUT2D eigenvalue weighted by Gasteiger charge is -2.17. The van der Waals surface area contributed by atoms with Crippen molar-refractivity contribution in [3.8, 4) is 11.6 Å². The number of nitrogens with zero attached hydrogens (tertiary/aromatic N) is 4. The molecule has 1 aliphatic rings. The molecule has 4 rings (SSSR count). The summed E-state index contributed by atoms with van der Waals surface area (Å²) in [6.07, 6.45) is 0.483. The fourth-order valence-corrected chi connectivity index (χ4v) is 3.02. The first-order chi connectivity index (χ1) is 14.6. The number of alkyl halides is 3. The number of nitrogens with one attached hydrogen (secondary N) is 1. The first kappa shape index (κ1) is 21.1. The van der Waals surface area contributed by atoms with E-state index in [4.69, 9.17) is 4.74 Å². The van der Waals surface area contributed by atoms with Crippen molar-refractivity contribution in [2.45, 2.75) is 50.9 Å². The van der Waals surface area contributed by atoms with Crippen LogP contribution in [-0.4, -0.2) is 31.0 Å². The molecule has 3 aromatic heterocycles. The number of anilines is 2. The van der Waals surface area contributed by atoms with Crippen LogP contribution in [0.1, 0.15) is 44.0 Å². The number of aliphatic hydroxyl groups is 1. The number of hydrogen-bond donors (Lipinski definition) is 2. The van der Waals surface area contributed by atoms with Crippen molar-refractivity contribution in [1.82, 2.24) is 19.7 Å². The highest BCUT2D eigenvalue weighted by molar-refractivity contribution is 5.57. The van der Waals surface area contributed by atoms with E-state index < -0.39 is 18.3 Å². The predicted molar refractivity (Wildman–Crippen MR) is 107 cm³/mol. The monoisotopic (exact) mass is 433 g/mol. The van der Waals surface area contributed by atoms with Crippen LogP contribution in [0.4, 0.5) is 24.7 Å². The summed E-state index contributed by atoms with van der Waals surface area (Å²) in [6, 6.07) is 8.10. The zero-order valence-electron chi connectivity index (χ0n) is 17.0. The van der Waals surface area contributed by atoms with Gasteiger partial charge in [0, 0.05) is 36.1 Å². The van der Waals surface area contributed by atoms with E-state index in [9.17, 15) is 18.3 Å². The second-order valence-corrected chi connectivity index (χ2v) is 8.05. The highest BCUT2D eigenvalue weighted by Gasteiger charge is 2.33. The fourth-order valence-electron chi connectivity index (χ4n) is 3.02. The Kier molecular flexibility index (Phi) is 5.34. The van der Waals surface area contributed by atoms with Gasteiger partial charge in [0.2, 0.25) is 5.88 Å². The summed E-state index contributed by atoms with van der Waals surface area (Å²) in [5, 5.41) is 17.3. The lowest BCUT2D eigenvalue weighted by molar-refractivity contribution is -0.143. The summed E-state index contributed by atoms with van der Waals surface area (Å²) >= 11 is 0. The van der Waals surface area contributed by atoms with E-state index in [1.54, 1.807) is 50.4 Å². The van der Waals surface area contributed by atoms with Gasteiger partial charge in [0.25, 0.3) is 0 Å². The molecular weight excluding hydrogens is 411 g/mol. The Morgan fingerprint density at radius 3 is 2.55 bits per heavy atom. The Morgan fingerprint density at radius 2 is 1.87 bits per heavy atom. The fraction of sp³-hybridized carbons (Fsp3) is 0.381. The Morgan fingerprint density at radius 1 is 1.13 bits per heavy atom. The third kappa shape index (κ3) is 5.52. The van der Waals surface area contributed by atoms with E-state index >= 15 is 0 Å². The number of ether oxygens (including phenoxy) is 1. The standard InChI is InChI=1S/C21H22F3N5O2/c1-20(2,30)17-9-14(5-7-25-17)27-18-10-15(6-8-26-18)31-19-11-16(13-3-4-13)28-29(19)12-21(22,23)24/h5-11,13,30H,3-4,12H2,1-2H3,(H,25,26,27). The molecule has 1 aliphatic carbocycles. The van der Waals surface area contributed by atoms with E-state index in [1.807, 2.05) is 0 Å². The summed E-state index contributed by atoms with van der Waals surface area (Å²) in [7, 11) is 0. The molecule has 3 heterocycles. The minimum atomic E-state index is -4.41. The minimum Gasteiger partial charge on any atom is -0.439 e. The molecule has 1 saturated carbocycles. The summed E-state index contributed by atoms with van der Waals surface area (Å²) in [6.45, 7) is 2.04. The van der Waals surface area contributed by atoms with Crippen LogP contribution in [0.25, 0.3) is 0 Å². The highest BCUT2D eigenvalue weighted by atomic mass is 19.4. The molecule has 0 amide bonds.